The van der Waals surface area contributed by atoms with E-state index in [1.807, 2.05) is 11.0 Å². The zero-order chi connectivity index (χ0) is 19.2. The van der Waals surface area contributed by atoms with Gasteiger partial charge in [0.1, 0.15) is 12.4 Å². The number of carbonyl (C=O) groups is 1. The Morgan fingerprint density at radius 1 is 1.37 bits per heavy atom. The van der Waals surface area contributed by atoms with Crippen molar-refractivity contribution in [3.8, 4) is 0 Å². The number of fused-ring (bicyclic) bond motifs is 3. The molecular formula is C17H17F3N6O. The predicted molar refractivity (Wildman–Crippen MR) is 93.2 cm³/mol. The Kier molecular flexibility index (Phi) is 4.12. The Morgan fingerprint density at radius 2 is 2.19 bits per heavy atom. The molecule has 0 spiro atoms. The van der Waals surface area contributed by atoms with E-state index in [2.05, 4.69) is 19.9 Å². The molecule has 3 aromatic rings. The standard InChI is InChI=1S/C17H17F3N6O/c1-25(8-17(18,19)20)16(27)10-3-5-26(7-10)15-13-11-2-4-21-14(11)22-6-12(13)23-9-24-15/h2,4,6,9-10H,3,5,7-8H2,1H3,(H,23,24). The molecule has 10 heteroatoms. The molecule has 4 heterocycles. The van der Waals surface area contributed by atoms with Gasteiger partial charge in [-0.05, 0) is 12.5 Å². The highest BCUT2D eigenvalue weighted by Gasteiger charge is 2.36. The van der Waals surface area contributed by atoms with Crippen molar-refractivity contribution in [2.45, 2.75) is 12.6 Å². The van der Waals surface area contributed by atoms with E-state index in [4.69, 9.17) is 0 Å². The molecule has 0 bridgehead atoms. The van der Waals surface area contributed by atoms with E-state index in [0.29, 0.717) is 31.0 Å². The minimum absolute atomic E-state index is 0.325. The van der Waals surface area contributed by atoms with Crippen LogP contribution in [0.1, 0.15) is 6.42 Å². The Hall–Kier alpha value is -2.91. The van der Waals surface area contributed by atoms with E-state index in [-0.39, 0.29) is 0 Å². The lowest BCUT2D eigenvalue weighted by Gasteiger charge is -2.23. The van der Waals surface area contributed by atoms with Crippen molar-refractivity contribution in [1.82, 2.24) is 24.8 Å². The maximum Gasteiger partial charge on any atom is 0.406 e. The van der Waals surface area contributed by atoms with Gasteiger partial charge in [0.25, 0.3) is 0 Å². The van der Waals surface area contributed by atoms with Crippen LogP contribution in [-0.4, -0.2) is 63.6 Å². The molecule has 27 heavy (non-hydrogen) atoms. The van der Waals surface area contributed by atoms with Gasteiger partial charge in [-0.15, -0.1) is 0 Å². The maximum absolute atomic E-state index is 12.6. The number of carbonyl (C=O) groups excluding carboxylic acids is 1. The fourth-order valence-corrected chi connectivity index (χ4v) is 3.59. The number of H-pyrrole nitrogens is 1. The second kappa shape index (κ2) is 6.36. The van der Waals surface area contributed by atoms with Gasteiger partial charge in [-0.2, -0.15) is 13.2 Å². The van der Waals surface area contributed by atoms with E-state index >= 15 is 0 Å². The zero-order valence-corrected chi connectivity index (χ0v) is 14.5. The minimum atomic E-state index is -4.40. The molecular weight excluding hydrogens is 361 g/mol. The van der Waals surface area contributed by atoms with Crippen LogP contribution in [0.3, 0.4) is 0 Å². The molecule has 7 nitrogen and oxygen atoms in total. The molecule has 1 aliphatic rings. The molecule has 0 radical (unpaired) electrons. The van der Waals surface area contributed by atoms with Gasteiger partial charge in [0, 0.05) is 31.7 Å². The third kappa shape index (κ3) is 3.26. The summed E-state index contributed by atoms with van der Waals surface area (Å²) >= 11 is 0. The number of aromatic amines is 1. The van der Waals surface area contributed by atoms with Crippen LogP contribution in [0, 0.1) is 5.92 Å². The highest BCUT2D eigenvalue weighted by Crippen LogP contribution is 2.32. The largest absolute Gasteiger partial charge is 0.406 e. The topological polar surface area (TPSA) is 78.0 Å². The van der Waals surface area contributed by atoms with Crippen molar-refractivity contribution in [3.05, 3.63) is 24.8 Å². The van der Waals surface area contributed by atoms with Gasteiger partial charge in [-0.25, -0.2) is 15.0 Å². The van der Waals surface area contributed by atoms with Crippen LogP contribution in [0.25, 0.3) is 21.9 Å². The molecule has 142 valence electrons. The summed E-state index contributed by atoms with van der Waals surface area (Å²) in [5.41, 5.74) is 1.38. The summed E-state index contributed by atoms with van der Waals surface area (Å²) in [5, 5.41) is 1.69. The minimum Gasteiger partial charge on any atom is -0.355 e. The highest BCUT2D eigenvalue weighted by atomic mass is 19.4. The van der Waals surface area contributed by atoms with Gasteiger partial charge in [0.15, 0.2) is 5.65 Å². The van der Waals surface area contributed by atoms with Gasteiger partial charge in [-0.1, -0.05) is 0 Å². The molecule has 1 saturated heterocycles. The first kappa shape index (κ1) is 17.5. The molecule has 1 fully saturated rings. The average Bonchev–Trinajstić information content (AvgIpc) is 3.28. The molecule has 0 saturated carbocycles. The first-order chi connectivity index (χ1) is 12.8. The summed E-state index contributed by atoms with van der Waals surface area (Å²) in [7, 11) is 1.19. The molecule has 0 aliphatic carbocycles. The number of aromatic nitrogens is 4. The van der Waals surface area contributed by atoms with Crippen LogP contribution in [0.4, 0.5) is 19.0 Å². The van der Waals surface area contributed by atoms with Crippen molar-refractivity contribution < 1.29 is 18.0 Å². The summed E-state index contributed by atoms with van der Waals surface area (Å²) < 4.78 is 37.7. The Bertz CT molecular complexity index is 1000. The van der Waals surface area contributed by atoms with Crippen LogP contribution < -0.4 is 4.90 Å². The molecule has 3 aromatic heterocycles. The number of anilines is 1. The van der Waals surface area contributed by atoms with Crippen molar-refractivity contribution >= 4 is 33.7 Å². The lowest BCUT2D eigenvalue weighted by Crippen LogP contribution is -2.40. The fraction of sp³-hybridized carbons (Fsp3) is 0.412. The SMILES string of the molecule is CN(CC(F)(F)F)C(=O)C1CCN(c2nc[nH]c3cnc4nccc4c23)C1. The smallest absolute Gasteiger partial charge is 0.355 e. The monoisotopic (exact) mass is 378 g/mol. The lowest BCUT2D eigenvalue weighted by atomic mass is 10.1. The van der Waals surface area contributed by atoms with Gasteiger partial charge >= 0.3 is 6.18 Å². The van der Waals surface area contributed by atoms with Crippen LogP contribution in [-0.2, 0) is 4.79 Å². The summed E-state index contributed by atoms with van der Waals surface area (Å²) in [5.74, 6) is -0.310. The van der Waals surface area contributed by atoms with Crippen molar-refractivity contribution in [2.24, 2.45) is 5.92 Å². The number of alkyl halides is 3. The second-order valence-electron chi connectivity index (χ2n) is 6.70. The van der Waals surface area contributed by atoms with Gasteiger partial charge in [0.05, 0.1) is 29.3 Å². The Morgan fingerprint density at radius 3 is 2.96 bits per heavy atom. The average molecular weight is 378 g/mol. The summed E-state index contributed by atoms with van der Waals surface area (Å²) in [4.78, 5) is 31.0. The third-order valence-electron chi connectivity index (χ3n) is 4.79. The van der Waals surface area contributed by atoms with Crippen molar-refractivity contribution in [2.75, 3.05) is 31.6 Å². The number of halogens is 3. The number of amides is 1. The summed E-state index contributed by atoms with van der Waals surface area (Å²) in [6, 6.07) is 1.85. The number of hydrogen-bond acceptors (Lipinski definition) is 5. The number of nitrogens with one attached hydrogen (secondary N) is 1. The first-order valence-electron chi connectivity index (χ1n) is 8.47. The number of nitrogens with zero attached hydrogens (tertiary/aromatic N) is 5. The van der Waals surface area contributed by atoms with E-state index in [1.165, 1.54) is 7.05 Å². The lowest BCUT2D eigenvalue weighted by molar-refractivity contribution is -0.160. The van der Waals surface area contributed by atoms with Gasteiger partial charge in [0.2, 0.25) is 5.91 Å². The molecule has 4 rings (SSSR count). The third-order valence-corrected chi connectivity index (χ3v) is 4.79. The van der Waals surface area contributed by atoms with E-state index in [0.717, 1.165) is 21.2 Å². The number of hydrogen-bond donors (Lipinski definition) is 1. The maximum atomic E-state index is 12.6. The van der Waals surface area contributed by atoms with Crippen LogP contribution in [0.15, 0.2) is 24.8 Å². The molecule has 1 aliphatic heterocycles. The van der Waals surface area contributed by atoms with E-state index in [9.17, 15) is 18.0 Å². The molecule has 1 atom stereocenters. The molecule has 1 N–H and O–H groups in total. The van der Waals surface area contributed by atoms with Crippen molar-refractivity contribution in [1.29, 1.82) is 0 Å². The zero-order valence-electron chi connectivity index (χ0n) is 14.5. The molecule has 0 aromatic carbocycles. The first-order valence-corrected chi connectivity index (χ1v) is 8.47. The van der Waals surface area contributed by atoms with Gasteiger partial charge in [-0.3, -0.25) is 4.79 Å². The van der Waals surface area contributed by atoms with Crippen LogP contribution >= 0.6 is 0 Å². The quantitative estimate of drug-likeness (QED) is 0.757. The summed E-state index contributed by atoms with van der Waals surface area (Å²) in [6.07, 6.45) is 0.962. The normalized spacial score (nSPS) is 17.8. The van der Waals surface area contributed by atoms with E-state index < -0.39 is 24.5 Å². The van der Waals surface area contributed by atoms with Crippen LogP contribution in [0.5, 0.6) is 0 Å². The number of pyridine rings is 1. The van der Waals surface area contributed by atoms with E-state index in [1.54, 1.807) is 18.7 Å². The highest BCUT2D eigenvalue weighted by molar-refractivity contribution is 6.09. The number of rotatable bonds is 3. The fourth-order valence-electron chi connectivity index (χ4n) is 3.59. The Labute approximate surface area is 152 Å². The molecule has 1 unspecified atom stereocenters. The molecule has 1 amide bonds. The van der Waals surface area contributed by atoms with Crippen molar-refractivity contribution in [3.63, 3.8) is 0 Å². The van der Waals surface area contributed by atoms with Gasteiger partial charge < -0.3 is 14.8 Å². The van der Waals surface area contributed by atoms with Crippen LogP contribution in [0.2, 0.25) is 0 Å². The second-order valence-corrected chi connectivity index (χ2v) is 6.70. The summed E-state index contributed by atoms with van der Waals surface area (Å²) in [6.45, 7) is -0.374. The predicted octanol–water partition coefficient (Wildman–Crippen LogP) is 2.35. The Balaban J connectivity index is 1.61.